The fourth-order valence-corrected chi connectivity index (χ4v) is 3.54. The van der Waals surface area contributed by atoms with Crippen LogP contribution in [0.15, 0.2) is 12.1 Å². The minimum Gasteiger partial charge on any atom is -0.872 e. The molecule has 1 rings (SSSR count). The fourth-order valence-electron chi connectivity index (χ4n) is 3.54. The summed E-state index contributed by atoms with van der Waals surface area (Å²) >= 11 is 0. The lowest BCUT2D eigenvalue weighted by molar-refractivity contribution is -0.921. The Labute approximate surface area is 193 Å². The summed E-state index contributed by atoms with van der Waals surface area (Å²) in [6.45, 7) is 32.2. The third-order valence-corrected chi connectivity index (χ3v) is 6.18. The van der Waals surface area contributed by atoms with Crippen molar-refractivity contribution in [1.29, 1.82) is 0 Å². The average Bonchev–Trinajstić information content (AvgIpc) is 2.61. The fraction of sp³-hybridized carbons (Fsp3) is 0.741. The standard InChI is InChI=1S/C19H31NO2.C8H20N/c1-17(2,3)12-10-13(16(22)20-19(7,8)9)15(21)14(11-12)18(4,5)6;1-5-9(6-2,7-3)8-4/h10-11,21H,1-9H3,(H,20,22);5-8H2,1-4H3/q;+1/p-1. The Kier molecular flexibility index (Phi) is 10.3. The van der Waals surface area contributed by atoms with Crippen molar-refractivity contribution in [2.24, 2.45) is 0 Å². The molecule has 0 heterocycles. The zero-order valence-corrected chi connectivity index (χ0v) is 22.7. The van der Waals surface area contributed by atoms with Crippen molar-refractivity contribution in [2.75, 3.05) is 26.2 Å². The molecule has 4 nitrogen and oxygen atoms in total. The molecule has 4 heteroatoms. The van der Waals surface area contributed by atoms with Gasteiger partial charge in [-0.1, -0.05) is 53.4 Å². The van der Waals surface area contributed by atoms with Crippen LogP contribution in [0.2, 0.25) is 0 Å². The van der Waals surface area contributed by atoms with E-state index in [1.807, 2.05) is 47.6 Å². The molecular weight excluding hydrogens is 384 g/mol. The number of rotatable bonds is 5. The van der Waals surface area contributed by atoms with Gasteiger partial charge in [-0.3, -0.25) is 4.79 Å². The smallest absolute Gasteiger partial charge is 0.251 e. The third kappa shape index (κ3) is 8.84. The summed E-state index contributed by atoms with van der Waals surface area (Å²) in [6.07, 6.45) is 0. The first-order valence-corrected chi connectivity index (χ1v) is 11.9. The molecule has 0 aromatic heterocycles. The number of amides is 1. The minimum absolute atomic E-state index is 0.121. The largest absolute Gasteiger partial charge is 0.872 e. The van der Waals surface area contributed by atoms with Crippen LogP contribution in [0.5, 0.6) is 5.75 Å². The second kappa shape index (κ2) is 10.8. The van der Waals surface area contributed by atoms with E-state index < -0.39 is 0 Å². The van der Waals surface area contributed by atoms with Crippen molar-refractivity contribution in [1.82, 2.24) is 5.32 Å². The summed E-state index contributed by atoms with van der Waals surface area (Å²) in [5.74, 6) is -0.462. The number of nitrogens with zero attached hydrogens (tertiary/aromatic N) is 1. The molecule has 0 spiro atoms. The van der Waals surface area contributed by atoms with Crippen molar-refractivity contribution in [2.45, 2.75) is 106 Å². The van der Waals surface area contributed by atoms with Crippen LogP contribution in [-0.4, -0.2) is 42.1 Å². The normalized spacial score (nSPS) is 12.8. The number of hydrogen-bond acceptors (Lipinski definition) is 2. The number of quaternary nitrogens is 1. The Morgan fingerprint density at radius 2 is 1.23 bits per heavy atom. The van der Waals surface area contributed by atoms with Crippen LogP contribution >= 0.6 is 0 Å². The van der Waals surface area contributed by atoms with Gasteiger partial charge in [-0.2, -0.15) is 0 Å². The topological polar surface area (TPSA) is 52.2 Å². The highest BCUT2D eigenvalue weighted by atomic mass is 16.3. The molecule has 0 fully saturated rings. The van der Waals surface area contributed by atoms with Crippen LogP contribution in [0.1, 0.15) is 111 Å². The highest BCUT2D eigenvalue weighted by molar-refractivity contribution is 5.98. The number of hydrogen-bond donors (Lipinski definition) is 1. The molecule has 180 valence electrons. The zero-order valence-electron chi connectivity index (χ0n) is 22.7. The van der Waals surface area contributed by atoms with Gasteiger partial charge in [0.15, 0.2) is 0 Å². The molecule has 0 radical (unpaired) electrons. The molecule has 0 unspecified atom stereocenters. The zero-order chi connectivity index (χ0) is 24.8. The number of carbonyl (C=O) groups excluding carboxylic acids is 1. The van der Waals surface area contributed by atoms with Crippen LogP contribution in [0.25, 0.3) is 0 Å². The average molecular weight is 435 g/mol. The monoisotopic (exact) mass is 434 g/mol. The molecule has 1 aromatic carbocycles. The first-order valence-electron chi connectivity index (χ1n) is 11.9. The number of carbonyl (C=O) groups is 1. The van der Waals surface area contributed by atoms with Gasteiger partial charge >= 0.3 is 0 Å². The first kappa shape index (κ1) is 29.5. The Bertz CT molecular complexity index is 695. The second-order valence-corrected chi connectivity index (χ2v) is 11.7. The Morgan fingerprint density at radius 3 is 1.48 bits per heavy atom. The predicted molar refractivity (Wildman–Crippen MR) is 133 cm³/mol. The van der Waals surface area contributed by atoms with Gasteiger partial charge in [0.1, 0.15) is 0 Å². The lowest BCUT2D eigenvalue weighted by Gasteiger charge is -2.34. The van der Waals surface area contributed by atoms with E-state index in [9.17, 15) is 9.90 Å². The van der Waals surface area contributed by atoms with E-state index in [1.165, 1.54) is 30.7 Å². The van der Waals surface area contributed by atoms with Crippen LogP contribution < -0.4 is 10.4 Å². The number of benzene rings is 1. The van der Waals surface area contributed by atoms with Gasteiger partial charge in [0.2, 0.25) is 0 Å². The minimum atomic E-state index is -0.372. The summed E-state index contributed by atoms with van der Waals surface area (Å²) in [6, 6.07) is 3.70. The van der Waals surface area contributed by atoms with Gasteiger partial charge in [0.25, 0.3) is 5.91 Å². The van der Waals surface area contributed by atoms with Gasteiger partial charge in [0.05, 0.1) is 26.2 Å². The van der Waals surface area contributed by atoms with Crippen molar-refractivity contribution >= 4 is 5.91 Å². The molecule has 31 heavy (non-hydrogen) atoms. The van der Waals surface area contributed by atoms with Gasteiger partial charge in [-0.05, 0) is 76.5 Å². The number of nitrogens with one attached hydrogen (secondary N) is 1. The van der Waals surface area contributed by atoms with E-state index >= 15 is 0 Å². The molecule has 1 amide bonds. The molecule has 1 N–H and O–H groups in total. The maximum Gasteiger partial charge on any atom is 0.251 e. The van der Waals surface area contributed by atoms with Crippen molar-refractivity contribution < 1.29 is 14.4 Å². The highest BCUT2D eigenvalue weighted by Gasteiger charge is 2.25. The summed E-state index contributed by atoms with van der Waals surface area (Å²) < 4.78 is 1.28. The van der Waals surface area contributed by atoms with Gasteiger partial charge in [-0.15, -0.1) is 0 Å². The van der Waals surface area contributed by atoms with Gasteiger partial charge < -0.3 is 14.9 Å². The highest BCUT2D eigenvalue weighted by Crippen LogP contribution is 2.36. The molecule has 0 aliphatic heterocycles. The van der Waals surface area contributed by atoms with E-state index in [1.54, 1.807) is 6.07 Å². The third-order valence-electron chi connectivity index (χ3n) is 6.18. The maximum atomic E-state index is 12.8. The SMILES string of the molecule is CC(C)(C)NC(=O)c1cc(C(C)(C)C)cc(C(C)(C)C)c1[O-].CC[N+](CC)(CC)CC. The Morgan fingerprint density at radius 1 is 0.806 bits per heavy atom. The summed E-state index contributed by atoms with van der Waals surface area (Å²) in [5, 5.41) is 15.7. The first-order chi connectivity index (χ1) is 13.9. The van der Waals surface area contributed by atoms with Crippen molar-refractivity contribution in [3.05, 3.63) is 28.8 Å². The molecule has 0 bridgehead atoms. The molecular formula is C27H50N2O2. The van der Waals surface area contributed by atoms with Crippen LogP contribution in [0.3, 0.4) is 0 Å². The van der Waals surface area contributed by atoms with Gasteiger partial charge in [0, 0.05) is 11.1 Å². The molecule has 0 saturated carbocycles. The lowest BCUT2D eigenvalue weighted by Crippen LogP contribution is -2.47. The van der Waals surface area contributed by atoms with Crippen LogP contribution in [-0.2, 0) is 10.8 Å². The molecule has 0 aliphatic carbocycles. The van der Waals surface area contributed by atoms with Crippen molar-refractivity contribution in [3.8, 4) is 5.75 Å². The Hall–Kier alpha value is -1.55. The van der Waals surface area contributed by atoms with E-state index in [0.717, 1.165) is 5.56 Å². The van der Waals surface area contributed by atoms with E-state index in [2.05, 4.69) is 53.8 Å². The second-order valence-electron chi connectivity index (χ2n) is 11.7. The summed E-state index contributed by atoms with van der Waals surface area (Å²) in [7, 11) is 0. The van der Waals surface area contributed by atoms with E-state index in [4.69, 9.17) is 0 Å². The van der Waals surface area contributed by atoms with E-state index in [-0.39, 0.29) is 33.6 Å². The summed E-state index contributed by atoms with van der Waals surface area (Å²) in [4.78, 5) is 12.5. The molecule has 0 aliphatic rings. The summed E-state index contributed by atoms with van der Waals surface area (Å²) in [5.41, 5.74) is 1.16. The van der Waals surface area contributed by atoms with E-state index in [0.29, 0.717) is 5.56 Å². The predicted octanol–water partition coefficient (Wildman–Crippen LogP) is 5.77. The molecule has 0 atom stereocenters. The quantitative estimate of drug-likeness (QED) is 0.598. The molecule has 0 saturated heterocycles. The van der Waals surface area contributed by atoms with Gasteiger partial charge in [-0.25, -0.2) is 0 Å². The molecule has 1 aromatic rings. The van der Waals surface area contributed by atoms with Crippen LogP contribution in [0.4, 0.5) is 0 Å². The Balaban J connectivity index is 0.000000842. The van der Waals surface area contributed by atoms with Crippen LogP contribution in [0, 0.1) is 0 Å². The lowest BCUT2D eigenvalue weighted by atomic mass is 9.78. The van der Waals surface area contributed by atoms with Crippen molar-refractivity contribution in [3.63, 3.8) is 0 Å². The maximum absolute atomic E-state index is 12.8.